The molecule has 0 spiro atoms. The number of benzene rings is 1. The van der Waals surface area contributed by atoms with Gasteiger partial charge in [0.1, 0.15) is 11.9 Å². The molecule has 1 aromatic carbocycles. The summed E-state index contributed by atoms with van der Waals surface area (Å²) in [4.78, 5) is 2.41. The van der Waals surface area contributed by atoms with Gasteiger partial charge in [-0.1, -0.05) is 11.6 Å². The Hall–Kier alpha value is -1.03. The van der Waals surface area contributed by atoms with E-state index in [-0.39, 0.29) is 12.1 Å². The average molecular weight is 282 g/mol. The molecule has 2 N–H and O–H groups in total. The predicted octanol–water partition coefficient (Wildman–Crippen LogP) is 4.18. The van der Waals surface area contributed by atoms with Crippen molar-refractivity contribution in [3.05, 3.63) is 51.2 Å². The fourth-order valence-corrected chi connectivity index (χ4v) is 2.84. The third-order valence-electron chi connectivity index (χ3n) is 2.60. The van der Waals surface area contributed by atoms with E-state index >= 15 is 0 Å². The number of aryl methyl sites for hydroxylation is 1. The molecule has 0 saturated heterocycles. The van der Waals surface area contributed by atoms with Crippen LogP contribution in [0.3, 0.4) is 0 Å². The van der Waals surface area contributed by atoms with E-state index in [2.05, 4.69) is 19.1 Å². The van der Waals surface area contributed by atoms with Crippen LogP contribution in [0.2, 0.25) is 5.02 Å². The van der Waals surface area contributed by atoms with Gasteiger partial charge in [0.15, 0.2) is 0 Å². The molecule has 0 aliphatic carbocycles. The lowest BCUT2D eigenvalue weighted by Gasteiger charge is -2.21. The first-order chi connectivity index (χ1) is 8.56. The predicted molar refractivity (Wildman–Crippen MR) is 77.5 cm³/mol. The van der Waals surface area contributed by atoms with Crippen molar-refractivity contribution in [1.82, 2.24) is 0 Å². The number of hydrogen-bond donors (Lipinski definition) is 1. The Morgan fingerprint density at radius 2 is 1.83 bits per heavy atom. The summed E-state index contributed by atoms with van der Waals surface area (Å²) < 4.78 is 5.96. The van der Waals surface area contributed by atoms with Crippen molar-refractivity contribution in [2.45, 2.75) is 26.0 Å². The lowest BCUT2D eigenvalue weighted by Crippen LogP contribution is -2.28. The highest BCUT2D eigenvalue weighted by Gasteiger charge is 2.19. The molecule has 0 aliphatic heterocycles. The maximum Gasteiger partial charge on any atom is 0.148 e. The normalized spacial score (nSPS) is 14.2. The smallest absolute Gasteiger partial charge is 0.148 e. The first-order valence-electron chi connectivity index (χ1n) is 5.80. The standard InChI is InChI=1S/C14H16ClNOS/c1-9-3-8-13(18-9)14(10(2)16)17-12-6-4-11(15)5-7-12/h3-8,10,14H,16H2,1-2H3. The van der Waals surface area contributed by atoms with Crippen molar-refractivity contribution in [2.75, 3.05) is 0 Å². The molecule has 2 unspecified atom stereocenters. The zero-order valence-electron chi connectivity index (χ0n) is 10.4. The van der Waals surface area contributed by atoms with E-state index in [1.165, 1.54) is 4.88 Å². The quantitative estimate of drug-likeness (QED) is 0.912. The van der Waals surface area contributed by atoms with Crippen LogP contribution < -0.4 is 10.5 Å². The van der Waals surface area contributed by atoms with Gasteiger partial charge in [0, 0.05) is 20.8 Å². The fourth-order valence-electron chi connectivity index (χ4n) is 1.69. The van der Waals surface area contributed by atoms with Crippen LogP contribution in [0.4, 0.5) is 0 Å². The van der Waals surface area contributed by atoms with Gasteiger partial charge in [-0.15, -0.1) is 11.3 Å². The molecule has 2 rings (SSSR count). The van der Waals surface area contributed by atoms with Crippen LogP contribution in [0.25, 0.3) is 0 Å². The number of hydrogen-bond acceptors (Lipinski definition) is 3. The van der Waals surface area contributed by atoms with Crippen molar-refractivity contribution < 1.29 is 4.74 Å². The molecule has 18 heavy (non-hydrogen) atoms. The van der Waals surface area contributed by atoms with Gasteiger partial charge in [0.2, 0.25) is 0 Å². The molecule has 0 aliphatic rings. The molecule has 96 valence electrons. The summed E-state index contributed by atoms with van der Waals surface area (Å²) in [6.07, 6.45) is -0.120. The summed E-state index contributed by atoms with van der Waals surface area (Å²) in [6, 6.07) is 11.4. The van der Waals surface area contributed by atoms with Crippen molar-refractivity contribution in [3.63, 3.8) is 0 Å². The van der Waals surface area contributed by atoms with Gasteiger partial charge < -0.3 is 10.5 Å². The van der Waals surface area contributed by atoms with E-state index in [1.54, 1.807) is 11.3 Å². The number of rotatable bonds is 4. The van der Waals surface area contributed by atoms with Crippen LogP contribution in [0.15, 0.2) is 36.4 Å². The van der Waals surface area contributed by atoms with E-state index in [0.717, 1.165) is 10.6 Å². The fraction of sp³-hybridized carbons (Fsp3) is 0.286. The van der Waals surface area contributed by atoms with Crippen LogP contribution in [0.5, 0.6) is 5.75 Å². The molecular formula is C14H16ClNOS. The zero-order chi connectivity index (χ0) is 13.1. The lowest BCUT2D eigenvalue weighted by atomic mass is 10.1. The number of halogens is 1. The molecule has 0 saturated carbocycles. The summed E-state index contributed by atoms with van der Waals surface area (Å²) in [5.41, 5.74) is 6.01. The monoisotopic (exact) mass is 281 g/mol. The summed E-state index contributed by atoms with van der Waals surface area (Å²) >= 11 is 7.57. The second kappa shape index (κ2) is 5.74. The van der Waals surface area contributed by atoms with Crippen molar-refractivity contribution in [2.24, 2.45) is 5.73 Å². The van der Waals surface area contributed by atoms with Gasteiger partial charge >= 0.3 is 0 Å². The van der Waals surface area contributed by atoms with Gasteiger partial charge in [-0.05, 0) is 50.2 Å². The molecule has 2 nitrogen and oxygen atoms in total. The van der Waals surface area contributed by atoms with Crippen molar-refractivity contribution in [1.29, 1.82) is 0 Å². The zero-order valence-corrected chi connectivity index (χ0v) is 12.0. The van der Waals surface area contributed by atoms with E-state index in [0.29, 0.717) is 5.02 Å². The third-order valence-corrected chi connectivity index (χ3v) is 3.91. The van der Waals surface area contributed by atoms with Crippen LogP contribution in [-0.2, 0) is 0 Å². The molecule has 0 bridgehead atoms. The Balaban J connectivity index is 2.19. The van der Waals surface area contributed by atoms with Crippen LogP contribution in [0, 0.1) is 6.92 Å². The molecule has 0 amide bonds. The minimum Gasteiger partial charge on any atom is -0.483 e. The molecule has 1 heterocycles. The Morgan fingerprint density at radius 1 is 1.17 bits per heavy atom. The van der Waals surface area contributed by atoms with Crippen LogP contribution in [-0.4, -0.2) is 6.04 Å². The first kappa shape index (κ1) is 13.4. The third kappa shape index (κ3) is 3.25. The highest BCUT2D eigenvalue weighted by atomic mass is 35.5. The van der Waals surface area contributed by atoms with E-state index < -0.39 is 0 Å². The van der Waals surface area contributed by atoms with Crippen molar-refractivity contribution >= 4 is 22.9 Å². The second-order valence-electron chi connectivity index (χ2n) is 4.30. The van der Waals surface area contributed by atoms with E-state index in [1.807, 2.05) is 31.2 Å². The van der Waals surface area contributed by atoms with Gasteiger partial charge in [0.05, 0.1) is 0 Å². The average Bonchev–Trinajstić information content (AvgIpc) is 2.74. The van der Waals surface area contributed by atoms with E-state index in [9.17, 15) is 0 Å². The van der Waals surface area contributed by atoms with Gasteiger partial charge in [-0.2, -0.15) is 0 Å². The van der Waals surface area contributed by atoms with Gasteiger partial charge in [0.25, 0.3) is 0 Å². The maximum absolute atomic E-state index is 6.01. The molecule has 2 atom stereocenters. The Bertz CT molecular complexity index is 507. The molecule has 4 heteroatoms. The number of thiophene rings is 1. The largest absolute Gasteiger partial charge is 0.483 e. The summed E-state index contributed by atoms with van der Waals surface area (Å²) in [6.45, 7) is 4.03. The summed E-state index contributed by atoms with van der Waals surface area (Å²) in [7, 11) is 0. The molecule has 0 fully saturated rings. The summed E-state index contributed by atoms with van der Waals surface area (Å²) in [5.74, 6) is 0.785. The van der Waals surface area contributed by atoms with Gasteiger partial charge in [-0.25, -0.2) is 0 Å². The SMILES string of the molecule is Cc1ccc(C(Oc2ccc(Cl)cc2)C(C)N)s1. The number of ether oxygens (including phenoxy) is 1. The van der Waals surface area contributed by atoms with E-state index in [4.69, 9.17) is 22.1 Å². The minimum atomic E-state index is -0.120. The highest BCUT2D eigenvalue weighted by Crippen LogP contribution is 2.29. The first-order valence-corrected chi connectivity index (χ1v) is 7.00. The minimum absolute atomic E-state index is 0.0706. The lowest BCUT2D eigenvalue weighted by molar-refractivity contribution is 0.184. The Kier molecular flexibility index (Phi) is 4.27. The molecule has 0 radical (unpaired) electrons. The molecule has 2 aromatic rings. The maximum atomic E-state index is 6.01. The van der Waals surface area contributed by atoms with Crippen LogP contribution >= 0.6 is 22.9 Å². The van der Waals surface area contributed by atoms with Crippen LogP contribution in [0.1, 0.15) is 22.8 Å². The topological polar surface area (TPSA) is 35.2 Å². The molecular weight excluding hydrogens is 266 g/mol. The van der Waals surface area contributed by atoms with Crippen molar-refractivity contribution in [3.8, 4) is 5.75 Å². The van der Waals surface area contributed by atoms with Gasteiger partial charge in [-0.3, -0.25) is 0 Å². The Labute approximate surface area is 116 Å². The number of nitrogens with two attached hydrogens (primary N) is 1. The Morgan fingerprint density at radius 3 is 2.33 bits per heavy atom. The highest BCUT2D eigenvalue weighted by molar-refractivity contribution is 7.12. The molecule has 1 aromatic heterocycles. The summed E-state index contributed by atoms with van der Waals surface area (Å²) in [5, 5.41) is 0.701. The second-order valence-corrected chi connectivity index (χ2v) is 6.06.